The van der Waals surface area contributed by atoms with Crippen LogP contribution in [-0.2, 0) is 19.5 Å². The number of nitrogens with zero attached hydrogens (tertiary/aromatic N) is 1. The summed E-state index contributed by atoms with van der Waals surface area (Å²) in [7, 11) is 3.23. The second kappa shape index (κ2) is 11.3. The van der Waals surface area contributed by atoms with E-state index in [0.29, 0.717) is 42.6 Å². The van der Waals surface area contributed by atoms with Crippen molar-refractivity contribution < 1.29 is 14.3 Å². The normalized spacial score (nSPS) is 10.4. The highest BCUT2D eigenvalue weighted by Crippen LogP contribution is 2.27. The largest absolute Gasteiger partial charge is 0.493 e. The number of hydrogen-bond donors (Lipinski definition) is 1. The lowest BCUT2D eigenvalue weighted by atomic mass is 10.1. The van der Waals surface area contributed by atoms with E-state index in [1.165, 1.54) is 0 Å². The number of halogens is 1. The van der Waals surface area contributed by atoms with Crippen molar-refractivity contribution in [3.8, 4) is 11.5 Å². The molecule has 0 bridgehead atoms. The maximum Gasteiger partial charge on any atom is 0.317 e. The number of benzene rings is 3. The minimum Gasteiger partial charge on any atom is -0.493 e. The van der Waals surface area contributed by atoms with Crippen molar-refractivity contribution in [3.05, 3.63) is 94.5 Å². The van der Waals surface area contributed by atoms with Crippen molar-refractivity contribution in [2.24, 2.45) is 0 Å². The summed E-state index contributed by atoms with van der Waals surface area (Å²) in [6, 6.07) is 23.1. The van der Waals surface area contributed by atoms with Crippen LogP contribution in [-0.4, -0.2) is 31.7 Å². The summed E-state index contributed by atoms with van der Waals surface area (Å²) in [5.74, 6) is 1.36. The fourth-order valence-corrected chi connectivity index (χ4v) is 3.37. The zero-order valence-electron chi connectivity index (χ0n) is 17.8. The molecule has 0 aliphatic carbocycles. The van der Waals surface area contributed by atoms with E-state index in [1.54, 1.807) is 14.2 Å². The van der Waals surface area contributed by atoms with Crippen molar-refractivity contribution in [1.29, 1.82) is 0 Å². The molecule has 2 amide bonds. The molecular formula is C25H27ClN2O3. The Hall–Kier alpha value is -3.18. The van der Waals surface area contributed by atoms with Gasteiger partial charge in [0.25, 0.3) is 0 Å². The minimum atomic E-state index is -0.112. The van der Waals surface area contributed by atoms with Gasteiger partial charge in [-0.2, -0.15) is 0 Å². The van der Waals surface area contributed by atoms with Crippen LogP contribution in [0.3, 0.4) is 0 Å². The third-order valence-corrected chi connectivity index (χ3v) is 5.23. The Morgan fingerprint density at radius 3 is 2.23 bits per heavy atom. The lowest BCUT2D eigenvalue weighted by Gasteiger charge is -2.24. The molecule has 0 saturated carbocycles. The molecule has 0 aliphatic heterocycles. The first-order chi connectivity index (χ1) is 15.1. The maximum absolute atomic E-state index is 13.0. The fourth-order valence-electron chi connectivity index (χ4n) is 3.25. The van der Waals surface area contributed by atoms with Crippen LogP contribution in [0.4, 0.5) is 4.79 Å². The van der Waals surface area contributed by atoms with Crippen LogP contribution in [0.2, 0.25) is 5.02 Å². The quantitative estimate of drug-likeness (QED) is 0.492. The number of ether oxygens (including phenoxy) is 2. The van der Waals surface area contributed by atoms with Crippen molar-refractivity contribution in [1.82, 2.24) is 10.2 Å². The number of amides is 2. The van der Waals surface area contributed by atoms with E-state index in [-0.39, 0.29) is 6.03 Å². The molecule has 3 aromatic rings. The van der Waals surface area contributed by atoms with Crippen LogP contribution in [0.5, 0.6) is 11.5 Å². The van der Waals surface area contributed by atoms with Gasteiger partial charge in [0.2, 0.25) is 0 Å². The number of methoxy groups -OCH3 is 2. The molecule has 5 nitrogen and oxygen atoms in total. The lowest BCUT2D eigenvalue weighted by Crippen LogP contribution is -2.40. The van der Waals surface area contributed by atoms with E-state index in [0.717, 1.165) is 16.7 Å². The molecule has 0 atom stereocenters. The summed E-state index contributed by atoms with van der Waals surface area (Å²) in [5.41, 5.74) is 3.14. The second-order valence-corrected chi connectivity index (χ2v) is 7.57. The molecule has 0 aliphatic rings. The average Bonchev–Trinajstić information content (AvgIpc) is 2.81. The molecule has 0 spiro atoms. The predicted molar refractivity (Wildman–Crippen MR) is 124 cm³/mol. The van der Waals surface area contributed by atoms with E-state index in [9.17, 15) is 4.79 Å². The first-order valence-electron chi connectivity index (χ1n) is 10.1. The van der Waals surface area contributed by atoms with Gasteiger partial charge in [-0.05, 0) is 47.4 Å². The van der Waals surface area contributed by atoms with Crippen molar-refractivity contribution >= 4 is 17.6 Å². The summed E-state index contributed by atoms with van der Waals surface area (Å²) in [6.07, 6.45) is 0.687. The molecule has 0 aromatic heterocycles. The number of rotatable bonds is 9. The van der Waals surface area contributed by atoms with Crippen molar-refractivity contribution in [2.75, 3.05) is 20.8 Å². The molecule has 162 valence electrons. The van der Waals surface area contributed by atoms with Crippen LogP contribution in [0.25, 0.3) is 0 Å². The molecular weight excluding hydrogens is 412 g/mol. The maximum atomic E-state index is 13.0. The van der Waals surface area contributed by atoms with E-state index >= 15 is 0 Å². The third kappa shape index (κ3) is 6.66. The fraction of sp³-hybridized carbons (Fsp3) is 0.240. The number of nitrogens with one attached hydrogen (secondary N) is 1. The molecule has 3 aromatic carbocycles. The smallest absolute Gasteiger partial charge is 0.317 e. The highest BCUT2D eigenvalue weighted by atomic mass is 35.5. The first kappa shape index (κ1) is 22.5. The highest BCUT2D eigenvalue weighted by molar-refractivity contribution is 6.30. The van der Waals surface area contributed by atoms with E-state index in [2.05, 4.69) is 5.32 Å². The first-order valence-corrected chi connectivity index (χ1v) is 10.5. The Bertz CT molecular complexity index is 978. The third-order valence-electron chi connectivity index (χ3n) is 4.98. The van der Waals surface area contributed by atoms with Gasteiger partial charge in [-0.25, -0.2) is 4.79 Å². The monoisotopic (exact) mass is 438 g/mol. The Kier molecular flexibility index (Phi) is 8.19. The topological polar surface area (TPSA) is 50.8 Å². The zero-order valence-corrected chi connectivity index (χ0v) is 18.6. The molecule has 31 heavy (non-hydrogen) atoms. The average molecular weight is 439 g/mol. The summed E-state index contributed by atoms with van der Waals surface area (Å²) < 4.78 is 10.7. The molecule has 0 radical (unpaired) electrons. The van der Waals surface area contributed by atoms with Gasteiger partial charge in [-0.3, -0.25) is 0 Å². The summed E-state index contributed by atoms with van der Waals surface area (Å²) >= 11 is 6.01. The van der Waals surface area contributed by atoms with Crippen LogP contribution in [0.1, 0.15) is 16.7 Å². The SMILES string of the molecule is COc1ccc(CCN(Cc2ccc(Cl)cc2)C(=O)NCc2ccccc2)cc1OC. The molecule has 3 rings (SSSR count). The lowest BCUT2D eigenvalue weighted by molar-refractivity contribution is 0.195. The minimum absolute atomic E-state index is 0.112. The van der Waals surface area contributed by atoms with Gasteiger partial charge in [-0.15, -0.1) is 0 Å². The van der Waals surface area contributed by atoms with E-state index in [4.69, 9.17) is 21.1 Å². The summed E-state index contributed by atoms with van der Waals surface area (Å²) in [6.45, 7) is 1.52. The van der Waals surface area contributed by atoms with Crippen LogP contribution in [0, 0.1) is 0 Å². The molecule has 0 unspecified atom stereocenters. The molecule has 0 fully saturated rings. The van der Waals surface area contributed by atoms with Crippen molar-refractivity contribution in [2.45, 2.75) is 19.5 Å². The second-order valence-electron chi connectivity index (χ2n) is 7.13. The summed E-state index contributed by atoms with van der Waals surface area (Å²) in [5, 5.41) is 3.70. The zero-order chi connectivity index (χ0) is 22.1. The van der Waals surface area contributed by atoms with Gasteiger partial charge in [0.15, 0.2) is 11.5 Å². The van der Waals surface area contributed by atoms with E-state index in [1.807, 2.05) is 77.7 Å². The molecule has 0 heterocycles. The molecule has 1 N–H and O–H groups in total. The number of carbonyl (C=O) groups excluding carboxylic acids is 1. The number of carbonyl (C=O) groups is 1. The van der Waals surface area contributed by atoms with Gasteiger partial charge < -0.3 is 19.7 Å². The number of urea groups is 1. The Morgan fingerprint density at radius 1 is 0.871 bits per heavy atom. The standard InChI is InChI=1S/C25H27ClN2O3/c1-30-23-13-10-19(16-24(23)31-2)14-15-28(18-21-8-11-22(26)12-9-21)25(29)27-17-20-6-4-3-5-7-20/h3-13,16H,14-15,17-18H2,1-2H3,(H,27,29). The summed E-state index contributed by atoms with van der Waals surface area (Å²) in [4.78, 5) is 14.8. The molecule has 0 saturated heterocycles. The Labute approximate surface area is 188 Å². The van der Waals surface area contributed by atoms with Gasteiger partial charge in [-0.1, -0.05) is 60.1 Å². The van der Waals surface area contributed by atoms with Gasteiger partial charge in [0.05, 0.1) is 14.2 Å². The Morgan fingerprint density at radius 2 is 1.55 bits per heavy atom. The van der Waals surface area contributed by atoms with Gasteiger partial charge >= 0.3 is 6.03 Å². The van der Waals surface area contributed by atoms with Gasteiger partial charge in [0, 0.05) is 24.7 Å². The highest BCUT2D eigenvalue weighted by Gasteiger charge is 2.15. The van der Waals surface area contributed by atoms with Gasteiger partial charge in [0.1, 0.15) is 0 Å². The van der Waals surface area contributed by atoms with Crippen molar-refractivity contribution in [3.63, 3.8) is 0 Å². The predicted octanol–water partition coefficient (Wildman–Crippen LogP) is 5.31. The van der Waals surface area contributed by atoms with Crippen LogP contribution < -0.4 is 14.8 Å². The number of hydrogen-bond acceptors (Lipinski definition) is 3. The van der Waals surface area contributed by atoms with E-state index < -0.39 is 0 Å². The van der Waals surface area contributed by atoms with Crippen LogP contribution in [0.15, 0.2) is 72.8 Å². The Balaban J connectivity index is 1.70. The van der Waals surface area contributed by atoms with Crippen LogP contribution >= 0.6 is 11.6 Å². The molecule has 6 heteroatoms.